The normalized spacial score (nSPS) is 44.6. The van der Waals surface area contributed by atoms with Crippen molar-refractivity contribution in [3.05, 3.63) is 0 Å². The SMILES string of the molecule is [B]C1CC(CO)C(C)C1CO. The average molecular weight is 154 g/mol. The first-order chi connectivity index (χ1) is 5.20. The molecule has 4 atom stereocenters. The van der Waals surface area contributed by atoms with Crippen LogP contribution >= 0.6 is 0 Å². The van der Waals surface area contributed by atoms with E-state index in [9.17, 15) is 0 Å². The van der Waals surface area contributed by atoms with E-state index in [2.05, 4.69) is 6.92 Å². The van der Waals surface area contributed by atoms with E-state index in [0.717, 1.165) is 6.42 Å². The van der Waals surface area contributed by atoms with E-state index in [4.69, 9.17) is 18.1 Å². The summed E-state index contributed by atoms with van der Waals surface area (Å²) in [7, 11) is 5.77. The molecule has 11 heavy (non-hydrogen) atoms. The van der Waals surface area contributed by atoms with E-state index in [1.54, 1.807) is 0 Å². The molecule has 62 valence electrons. The Morgan fingerprint density at radius 3 is 2.27 bits per heavy atom. The molecule has 1 saturated carbocycles. The Bertz CT molecular complexity index is 129. The molecule has 0 aromatic carbocycles. The van der Waals surface area contributed by atoms with Crippen molar-refractivity contribution in [2.75, 3.05) is 13.2 Å². The zero-order valence-electron chi connectivity index (χ0n) is 6.90. The molecule has 3 heteroatoms. The summed E-state index contributed by atoms with van der Waals surface area (Å²) >= 11 is 0. The van der Waals surface area contributed by atoms with Crippen LogP contribution in [-0.2, 0) is 0 Å². The Labute approximate surface area is 69.0 Å². The van der Waals surface area contributed by atoms with E-state index in [1.165, 1.54) is 0 Å². The maximum atomic E-state index is 8.96. The lowest BCUT2D eigenvalue weighted by molar-refractivity contribution is 0.154. The van der Waals surface area contributed by atoms with Gasteiger partial charge in [-0.3, -0.25) is 0 Å². The van der Waals surface area contributed by atoms with Crippen LogP contribution in [0.3, 0.4) is 0 Å². The highest BCUT2D eigenvalue weighted by Gasteiger charge is 2.36. The van der Waals surface area contributed by atoms with Crippen LogP contribution in [-0.4, -0.2) is 31.3 Å². The minimum Gasteiger partial charge on any atom is -0.396 e. The predicted molar refractivity (Wildman–Crippen MR) is 44.4 cm³/mol. The standard InChI is InChI=1S/C8H15BO2/c1-5-6(3-10)2-8(9)7(5)4-11/h5-8,10-11H,2-4H2,1H3. The van der Waals surface area contributed by atoms with Crippen LogP contribution in [0.4, 0.5) is 0 Å². The summed E-state index contributed by atoms with van der Waals surface area (Å²) in [5.74, 6) is 0.918. The third-order valence-corrected chi connectivity index (χ3v) is 2.99. The van der Waals surface area contributed by atoms with Gasteiger partial charge in [-0.15, -0.1) is 0 Å². The number of hydrogen-bond donors (Lipinski definition) is 2. The molecule has 0 saturated heterocycles. The highest BCUT2D eigenvalue weighted by Crippen LogP contribution is 2.42. The first-order valence-corrected chi connectivity index (χ1v) is 4.18. The molecular formula is C8H15BO2. The zero-order valence-corrected chi connectivity index (χ0v) is 6.90. The predicted octanol–water partition coefficient (Wildman–Crippen LogP) is 0.200. The minimum atomic E-state index is 0.0761. The molecule has 1 aliphatic carbocycles. The van der Waals surface area contributed by atoms with Gasteiger partial charge < -0.3 is 10.2 Å². The Morgan fingerprint density at radius 2 is 2.00 bits per heavy atom. The highest BCUT2D eigenvalue weighted by atomic mass is 16.3. The summed E-state index contributed by atoms with van der Waals surface area (Å²) in [5.41, 5.74) is 0. The van der Waals surface area contributed by atoms with Crippen molar-refractivity contribution in [1.82, 2.24) is 0 Å². The summed E-state index contributed by atoms with van der Waals surface area (Å²) in [5, 5.41) is 17.9. The summed E-state index contributed by atoms with van der Waals surface area (Å²) in [6.07, 6.45) is 0.850. The lowest BCUT2D eigenvalue weighted by atomic mass is 9.77. The van der Waals surface area contributed by atoms with Crippen molar-refractivity contribution in [2.24, 2.45) is 17.8 Å². The van der Waals surface area contributed by atoms with E-state index in [-0.39, 0.29) is 24.9 Å². The van der Waals surface area contributed by atoms with Gasteiger partial charge in [0.2, 0.25) is 0 Å². The second kappa shape index (κ2) is 3.59. The molecule has 4 unspecified atom stereocenters. The van der Waals surface area contributed by atoms with Gasteiger partial charge in [-0.25, -0.2) is 0 Å². The first kappa shape index (κ1) is 9.08. The number of aliphatic hydroxyl groups excluding tert-OH is 2. The molecular weight excluding hydrogens is 139 g/mol. The second-order valence-corrected chi connectivity index (χ2v) is 3.55. The lowest BCUT2D eigenvalue weighted by Gasteiger charge is -2.18. The Hall–Kier alpha value is -0.0151. The molecule has 0 bridgehead atoms. The van der Waals surface area contributed by atoms with Gasteiger partial charge in [-0.2, -0.15) is 0 Å². The molecule has 2 radical (unpaired) electrons. The third-order valence-electron chi connectivity index (χ3n) is 2.99. The summed E-state index contributed by atoms with van der Waals surface area (Å²) < 4.78 is 0. The molecule has 0 heterocycles. The van der Waals surface area contributed by atoms with E-state index in [1.807, 2.05) is 0 Å². The number of aliphatic hydroxyl groups is 2. The molecule has 1 aliphatic rings. The molecule has 2 nitrogen and oxygen atoms in total. The van der Waals surface area contributed by atoms with Crippen LogP contribution in [0.1, 0.15) is 13.3 Å². The van der Waals surface area contributed by atoms with Gasteiger partial charge in [0.25, 0.3) is 0 Å². The Kier molecular flexibility index (Phi) is 2.96. The lowest BCUT2D eigenvalue weighted by Crippen LogP contribution is -2.18. The van der Waals surface area contributed by atoms with Crippen LogP contribution < -0.4 is 0 Å². The van der Waals surface area contributed by atoms with Crippen molar-refractivity contribution in [2.45, 2.75) is 19.2 Å². The Balaban J connectivity index is 2.55. The van der Waals surface area contributed by atoms with Gasteiger partial charge in [0, 0.05) is 13.2 Å². The van der Waals surface area contributed by atoms with Gasteiger partial charge in [0.1, 0.15) is 0 Å². The second-order valence-electron chi connectivity index (χ2n) is 3.55. The molecule has 0 aromatic rings. The summed E-state index contributed by atoms with van der Waals surface area (Å²) in [6, 6.07) is 0. The fourth-order valence-electron chi connectivity index (χ4n) is 2.02. The summed E-state index contributed by atoms with van der Waals surface area (Å²) in [6.45, 7) is 2.40. The fourth-order valence-corrected chi connectivity index (χ4v) is 2.02. The van der Waals surface area contributed by atoms with Crippen molar-refractivity contribution in [3.63, 3.8) is 0 Å². The van der Waals surface area contributed by atoms with Crippen LogP contribution in [0, 0.1) is 17.8 Å². The van der Waals surface area contributed by atoms with Gasteiger partial charge in [0.05, 0.1) is 7.85 Å². The molecule has 0 amide bonds. The van der Waals surface area contributed by atoms with Gasteiger partial charge in [0.15, 0.2) is 0 Å². The van der Waals surface area contributed by atoms with Crippen molar-refractivity contribution >= 4 is 7.85 Å². The molecule has 1 fully saturated rings. The zero-order chi connectivity index (χ0) is 8.43. The quantitative estimate of drug-likeness (QED) is 0.557. The van der Waals surface area contributed by atoms with Crippen LogP contribution in [0.5, 0.6) is 0 Å². The minimum absolute atomic E-state index is 0.0761. The van der Waals surface area contributed by atoms with E-state index in [0.29, 0.717) is 11.8 Å². The van der Waals surface area contributed by atoms with E-state index < -0.39 is 0 Å². The van der Waals surface area contributed by atoms with Crippen LogP contribution in [0.25, 0.3) is 0 Å². The Morgan fingerprint density at radius 1 is 1.36 bits per heavy atom. The summed E-state index contributed by atoms with van der Waals surface area (Å²) in [4.78, 5) is 0. The smallest absolute Gasteiger partial charge is 0.0704 e. The van der Waals surface area contributed by atoms with Crippen LogP contribution in [0.2, 0.25) is 5.82 Å². The monoisotopic (exact) mass is 154 g/mol. The number of rotatable bonds is 2. The average Bonchev–Trinajstić information content (AvgIpc) is 2.26. The molecule has 2 N–H and O–H groups in total. The number of hydrogen-bond acceptors (Lipinski definition) is 2. The third kappa shape index (κ3) is 1.59. The maximum Gasteiger partial charge on any atom is 0.0704 e. The van der Waals surface area contributed by atoms with Gasteiger partial charge >= 0.3 is 0 Å². The topological polar surface area (TPSA) is 40.5 Å². The van der Waals surface area contributed by atoms with Crippen LogP contribution in [0.15, 0.2) is 0 Å². The van der Waals surface area contributed by atoms with Crippen molar-refractivity contribution < 1.29 is 10.2 Å². The first-order valence-electron chi connectivity index (χ1n) is 4.18. The van der Waals surface area contributed by atoms with Crippen molar-refractivity contribution in [1.29, 1.82) is 0 Å². The molecule has 0 aliphatic heterocycles. The molecule has 1 rings (SSSR count). The molecule has 0 aromatic heterocycles. The fraction of sp³-hybridized carbons (Fsp3) is 1.00. The molecule has 0 spiro atoms. The largest absolute Gasteiger partial charge is 0.396 e. The van der Waals surface area contributed by atoms with E-state index >= 15 is 0 Å². The highest BCUT2D eigenvalue weighted by molar-refractivity contribution is 6.12. The maximum absolute atomic E-state index is 8.96. The van der Waals surface area contributed by atoms with Gasteiger partial charge in [-0.05, 0) is 17.8 Å². The van der Waals surface area contributed by atoms with Gasteiger partial charge in [-0.1, -0.05) is 19.2 Å². The van der Waals surface area contributed by atoms with Crippen molar-refractivity contribution in [3.8, 4) is 0 Å².